The van der Waals surface area contributed by atoms with Crippen LogP contribution in [0, 0.1) is 0 Å². The first-order chi connectivity index (χ1) is 13.0. The van der Waals surface area contributed by atoms with E-state index in [0.717, 1.165) is 0 Å². The Bertz CT molecular complexity index is 738. The minimum atomic E-state index is -1.09. The second-order valence-electron chi connectivity index (χ2n) is 5.73. The Morgan fingerprint density at radius 3 is 1.81 bits per heavy atom. The van der Waals surface area contributed by atoms with E-state index in [9.17, 15) is 9.59 Å². The first-order valence-corrected chi connectivity index (χ1v) is 8.86. The van der Waals surface area contributed by atoms with Crippen LogP contribution in [-0.2, 0) is 14.1 Å². The fourth-order valence-electron chi connectivity index (χ4n) is 2.58. The summed E-state index contributed by atoms with van der Waals surface area (Å²) in [5.74, 6) is -1.41. The van der Waals surface area contributed by atoms with Gasteiger partial charge in [-0.2, -0.15) is 0 Å². The first kappa shape index (κ1) is 22.5. The predicted molar refractivity (Wildman–Crippen MR) is 106 cm³/mol. The average molecular weight is 392 g/mol. The Hall–Kier alpha value is -2.59. The molecule has 2 atom stereocenters. The highest BCUT2D eigenvalue weighted by Crippen LogP contribution is 2.34. The maximum Gasteiger partial charge on any atom is 0.321 e. The van der Waals surface area contributed by atoms with Crippen molar-refractivity contribution in [2.24, 2.45) is 0 Å². The smallest absolute Gasteiger partial charge is 0.321 e. The van der Waals surface area contributed by atoms with Crippen LogP contribution in [0.5, 0.6) is 11.5 Å². The first-order valence-electron chi connectivity index (χ1n) is 8.29. The molecule has 6 nitrogen and oxygen atoms in total. The number of Topliss-reactive ketones (excluding diaryl/α,β-unsaturated/α-hetero) is 1. The summed E-state index contributed by atoms with van der Waals surface area (Å²) < 4.78 is 24.2. The van der Waals surface area contributed by atoms with Crippen LogP contribution in [0.3, 0.4) is 0 Å². The summed E-state index contributed by atoms with van der Waals surface area (Å²) in [6, 6.07) is 13.9. The van der Waals surface area contributed by atoms with Crippen molar-refractivity contribution in [2.45, 2.75) is 25.9 Å². The molecule has 0 amide bonds. The van der Waals surface area contributed by atoms with Gasteiger partial charge in [0.1, 0.15) is 23.0 Å². The molecule has 0 spiro atoms. The van der Waals surface area contributed by atoms with E-state index in [-0.39, 0.29) is 11.7 Å². The number of rotatable bonds is 7. The molecule has 0 aliphatic rings. The van der Waals surface area contributed by atoms with Crippen molar-refractivity contribution in [3.8, 4) is 11.5 Å². The highest BCUT2D eigenvalue weighted by atomic mass is 31.0. The van der Waals surface area contributed by atoms with Crippen molar-refractivity contribution in [3.05, 3.63) is 59.7 Å². The van der Waals surface area contributed by atoms with Crippen molar-refractivity contribution in [1.82, 2.24) is 0 Å². The zero-order valence-corrected chi connectivity index (χ0v) is 17.3. The van der Waals surface area contributed by atoms with Crippen LogP contribution in [0.4, 0.5) is 0 Å². The van der Waals surface area contributed by atoms with Crippen molar-refractivity contribution < 1.29 is 28.4 Å². The second-order valence-corrected chi connectivity index (χ2v) is 5.73. The fraction of sp³-hybridized carbons (Fsp3) is 0.300. The van der Waals surface area contributed by atoms with Gasteiger partial charge in [-0.05, 0) is 31.5 Å². The number of ether oxygens (including phenoxy) is 3. The largest absolute Gasteiger partial charge is 0.496 e. The molecule has 0 saturated carbocycles. The number of benzene rings is 2. The molecule has 0 radical (unpaired) electrons. The van der Waals surface area contributed by atoms with E-state index in [0.29, 0.717) is 26.2 Å². The molecule has 0 aromatic heterocycles. The van der Waals surface area contributed by atoms with Crippen LogP contribution < -0.4 is 9.47 Å². The van der Waals surface area contributed by atoms with E-state index in [4.69, 9.17) is 18.8 Å². The van der Waals surface area contributed by atoms with Gasteiger partial charge in [-0.25, -0.2) is 0 Å². The van der Waals surface area contributed by atoms with Crippen molar-refractivity contribution in [1.29, 1.82) is 0 Å². The topological polar surface area (TPSA) is 78.9 Å². The van der Waals surface area contributed by atoms with Gasteiger partial charge in [0.05, 0.1) is 29.4 Å². The third kappa shape index (κ3) is 5.69. The van der Waals surface area contributed by atoms with Crippen molar-refractivity contribution >= 4 is 20.9 Å². The van der Waals surface area contributed by atoms with Gasteiger partial charge < -0.3 is 18.8 Å². The molecular formula is C20H25O6P. The molecular weight excluding hydrogens is 367 g/mol. The van der Waals surface area contributed by atoms with Gasteiger partial charge in [0, 0.05) is 0 Å². The molecule has 0 heterocycles. The van der Waals surface area contributed by atoms with Crippen LogP contribution in [0.1, 0.15) is 35.7 Å². The Balaban J connectivity index is 0.00000176. The molecule has 0 aliphatic heterocycles. The van der Waals surface area contributed by atoms with Crippen molar-refractivity contribution in [3.63, 3.8) is 0 Å². The third-order valence-electron chi connectivity index (χ3n) is 3.66. The number of esters is 1. The molecule has 0 fully saturated rings. The summed E-state index contributed by atoms with van der Waals surface area (Å²) in [5.41, 5.74) is 0.785. The summed E-state index contributed by atoms with van der Waals surface area (Å²) in [6.45, 7) is 3.49. The lowest BCUT2D eigenvalue weighted by molar-refractivity contribution is -0.147. The molecule has 0 aliphatic carbocycles. The van der Waals surface area contributed by atoms with Crippen LogP contribution in [0.15, 0.2) is 48.5 Å². The minimum absolute atomic E-state index is 0.224. The molecule has 0 N–H and O–H groups in total. The molecule has 146 valence electrons. The Morgan fingerprint density at radius 2 is 1.37 bits per heavy atom. The van der Waals surface area contributed by atoms with Gasteiger partial charge in [-0.15, -0.1) is 0 Å². The van der Waals surface area contributed by atoms with E-state index in [1.54, 1.807) is 56.3 Å². The normalized spacial score (nSPS) is 11.1. The summed E-state index contributed by atoms with van der Waals surface area (Å²) in [5, 5.41) is 0. The molecule has 27 heavy (non-hydrogen) atoms. The highest BCUT2D eigenvalue weighted by molar-refractivity contribution is 7.00. The third-order valence-corrected chi connectivity index (χ3v) is 3.66. The summed E-state index contributed by atoms with van der Waals surface area (Å²) in [7, 11) is 3.55. The molecule has 2 unspecified atom stereocenters. The zero-order chi connectivity index (χ0) is 20.4. The molecule has 0 saturated heterocycles. The van der Waals surface area contributed by atoms with E-state index in [2.05, 4.69) is 0 Å². The summed E-state index contributed by atoms with van der Waals surface area (Å²) in [6.07, 6.45) is -0.328. The van der Waals surface area contributed by atoms with Gasteiger partial charge in [-0.3, -0.25) is 9.59 Å². The zero-order valence-electron chi connectivity index (χ0n) is 15.9. The Labute approximate surface area is 161 Å². The number of methoxy groups -OCH3 is 2. The highest BCUT2D eigenvalue weighted by Gasteiger charge is 2.34. The van der Waals surface area contributed by atoms with E-state index >= 15 is 0 Å². The van der Waals surface area contributed by atoms with E-state index in [1.807, 2.05) is 6.07 Å². The monoisotopic (exact) mass is 392 g/mol. The molecule has 0 bridgehead atoms. The van der Waals surface area contributed by atoms with Gasteiger partial charge in [0.25, 0.3) is 0 Å². The lowest BCUT2D eigenvalue weighted by atomic mass is 9.89. The van der Waals surface area contributed by atoms with Crippen LogP contribution in [0.25, 0.3) is 0 Å². The van der Waals surface area contributed by atoms with Gasteiger partial charge in [0.15, 0.2) is 5.78 Å². The van der Waals surface area contributed by atoms with E-state index in [1.165, 1.54) is 14.2 Å². The van der Waals surface area contributed by atoms with Crippen molar-refractivity contribution in [2.75, 3.05) is 14.2 Å². The minimum Gasteiger partial charge on any atom is -0.496 e. The standard InChI is InChI=1S/C20H22O5.H3OP/c1-13(2)25-20(22)17(14-9-6-5-7-10-14)19(21)18-15(23-3)11-8-12-16(18)24-4;1-2/h5-13,17H,1-4H3;2H3. The van der Waals surface area contributed by atoms with Crippen LogP contribution >= 0.6 is 9.12 Å². The Kier molecular flexibility index (Phi) is 9.31. The molecule has 2 rings (SSSR count). The van der Waals surface area contributed by atoms with Crippen LogP contribution in [-0.4, -0.2) is 32.1 Å². The second kappa shape index (κ2) is 11.2. The number of hydrogen-bond donors (Lipinski definition) is 0. The molecule has 2 aromatic rings. The maximum absolute atomic E-state index is 13.3. The van der Waals surface area contributed by atoms with E-state index < -0.39 is 17.7 Å². The molecule has 7 heteroatoms. The maximum atomic E-state index is 13.3. The van der Waals surface area contributed by atoms with Gasteiger partial charge in [-0.1, -0.05) is 36.4 Å². The number of carbonyl (C=O) groups excluding carboxylic acids is 2. The average Bonchev–Trinajstić information content (AvgIpc) is 2.69. The van der Waals surface area contributed by atoms with Crippen LogP contribution in [0.2, 0.25) is 0 Å². The van der Waals surface area contributed by atoms with Gasteiger partial charge in [0.2, 0.25) is 0 Å². The lowest BCUT2D eigenvalue weighted by Crippen LogP contribution is -2.27. The number of ketones is 1. The number of carbonyl (C=O) groups is 2. The lowest BCUT2D eigenvalue weighted by Gasteiger charge is -2.19. The Morgan fingerprint density at radius 1 is 0.852 bits per heavy atom. The number of hydrogen-bond acceptors (Lipinski definition) is 6. The predicted octanol–water partition coefficient (Wildman–Crippen LogP) is 3.56. The SMILES string of the molecule is COc1cccc(OC)c1C(=O)C(C(=O)OC(C)C)c1ccccc1.O=[PH3]. The molecule has 2 aromatic carbocycles. The van der Waals surface area contributed by atoms with Gasteiger partial charge >= 0.3 is 5.97 Å². The fourth-order valence-corrected chi connectivity index (χ4v) is 2.58. The summed E-state index contributed by atoms with van der Waals surface area (Å²) >= 11 is 0. The summed E-state index contributed by atoms with van der Waals surface area (Å²) in [4.78, 5) is 25.9. The quantitative estimate of drug-likeness (QED) is 0.310.